The molecule has 88 valence electrons. The van der Waals surface area contributed by atoms with Gasteiger partial charge >= 0.3 is 5.97 Å². The Bertz CT molecular complexity index is 478. The minimum absolute atomic E-state index is 0.831. The van der Waals surface area contributed by atoms with Gasteiger partial charge in [-0.3, -0.25) is 0 Å². The first-order chi connectivity index (χ1) is 8.19. The van der Waals surface area contributed by atoms with Crippen LogP contribution < -0.4 is 0 Å². The second kappa shape index (κ2) is 5.00. The van der Waals surface area contributed by atoms with Crippen LogP contribution in [-0.2, 0) is 11.2 Å². The van der Waals surface area contributed by atoms with Crippen LogP contribution in [0.15, 0.2) is 42.0 Å². The Labute approximate surface area is 101 Å². The first kappa shape index (κ1) is 11.6. The fourth-order valence-corrected chi connectivity index (χ4v) is 2.10. The van der Waals surface area contributed by atoms with Crippen molar-refractivity contribution in [1.29, 1.82) is 0 Å². The summed E-state index contributed by atoms with van der Waals surface area (Å²) in [7, 11) is 0. The van der Waals surface area contributed by atoms with Crippen LogP contribution in [-0.4, -0.2) is 11.1 Å². The lowest BCUT2D eigenvalue weighted by atomic mass is 10.0. The Morgan fingerprint density at radius 2 is 2.00 bits per heavy atom. The minimum atomic E-state index is -0.862. The molecule has 2 heteroatoms. The quantitative estimate of drug-likeness (QED) is 0.805. The van der Waals surface area contributed by atoms with Crippen molar-refractivity contribution in [2.24, 2.45) is 0 Å². The third kappa shape index (κ3) is 2.84. The van der Waals surface area contributed by atoms with E-state index >= 15 is 0 Å². The fourth-order valence-electron chi connectivity index (χ4n) is 2.10. The van der Waals surface area contributed by atoms with Gasteiger partial charge in [0.05, 0.1) is 0 Å². The Balaban J connectivity index is 2.21. The van der Waals surface area contributed by atoms with E-state index in [4.69, 9.17) is 5.11 Å². The minimum Gasteiger partial charge on any atom is -0.478 e. The van der Waals surface area contributed by atoms with Crippen molar-refractivity contribution in [3.8, 4) is 0 Å². The molecule has 0 heterocycles. The number of carbonyl (C=O) groups is 1. The molecule has 2 nitrogen and oxygen atoms in total. The van der Waals surface area contributed by atoms with E-state index in [9.17, 15) is 4.79 Å². The maximum atomic E-state index is 10.6. The summed E-state index contributed by atoms with van der Waals surface area (Å²) >= 11 is 0. The van der Waals surface area contributed by atoms with Crippen molar-refractivity contribution in [3.05, 3.63) is 53.1 Å². The number of benzene rings is 1. The number of rotatable bonds is 3. The summed E-state index contributed by atoms with van der Waals surface area (Å²) < 4.78 is 0. The molecular formula is C15H16O2. The largest absolute Gasteiger partial charge is 0.478 e. The molecule has 1 N–H and O–H groups in total. The molecule has 0 radical (unpaired) electrons. The first-order valence-electron chi connectivity index (χ1n) is 5.92. The van der Waals surface area contributed by atoms with Crippen molar-refractivity contribution < 1.29 is 9.90 Å². The lowest BCUT2D eigenvalue weighted by molar-refractivity contribution is -0.131. The van der Waals surface area contributed by atoms with E-state index < -0.39 is 5.97 Å². The Morgan fingerprint density at radius 3 is 2.59 bits per heavy atom. The summed E-state index contributed by atoms with van der Waals surface area (Å²) in [5, 5.41) is 8.69. The van der Waals surface area contributed by atoms with Crippen LogP contribution in [0, 0.1) is 0 Å². The van der Waals surface area contributed by atoms with Gasteiger partial charge in [0.2, 0.25) is 0 Å². The van der Waals surface area contributed by atoms with Crippen LogP contribution in [0.2, 0.25) is 0 Å². The molecule has 1 aromatic rings. The third-order valence-electron chi connectivity index (χ3n) is 3.08. The van der Waals surface area contributed by atoms with Crippen molar-refractivity contribution in [3.63, 3.8) is 0 Å². The molecule has 0 aliphatic heterocycles. The monoisotopic (exact) mass is 228 g/mol. The smallest absolute Gasteiger partial charge is 0.328 e. The van der Waals surface area contributed by atoms with Gasteiger partial charge < -0.3 is 5.11 Å². The number of aliphatic carboxylic acids is 1. The van der Waals surface area contributed by atoms with E-state index in [1.807, 2.05) is 6.08 Å². The van der Waals surface area contributed by atoms with E-state index in [0.717, 1.165) is 24.8 Å². The molecule has 0 spiro atoms. The van der Waals surface area contributed by atoms with Crippen LogP contribution in [0.25, 0.3) is 5.57 Å². The van der Waals surface area contributed by atoms with E-state index in [1.165, 1.54) is 22.8 Å². The fraction of sp³-hybridized carbons (Fsp3) is 0.267. The van der Waals surface area contributed by atoms with Crippen LogP contribution in [0.1, 0.15) is 30.9 Å². The number of carboxylic acids is 1. The Hall–Kier alpha value is -1.83. The summed E-state index contributed by atoms with van der Waals surface area (Å²) in [6, 6.07) is 8.51. The average Bonchev–Trinajstić information content (AvgIpc) is 2.77. The standard InChI is InChI=1S/C15H16O2/c1-2-11-3-6-13(7-4-11)14-8-5-12(9-14)10-15(16)17/h3-4,6-7,9-10H,2,5,8H2,1H3,(H,16,17)/b12-10+. The summed E-state index contributed by atoms with van der Waals surface area (Å²) in [6.07, 6.45) is 6.10. The van der Waals surface area contributed by atoms with E-state index in [2.05, 4.69) is 31.2 Å². The summed E-state index contributed by atoms with van der Waals surface area (Å²) in [6.45, 7) is 2.14. The maximum absolute atomic E-state index is 10.6. The highest BCUT2D eigenvalue weighted by Gasteiger charge is 2.11. The van der Waals surface area contributed by atoms with Gasteiger partial charge in [0.15, 0.2) is 0 Å². The van der Waals surface area contributed by atoms with Crippen LogP contribution in [0.3, 0.4) is 0 Å². The Kier molecular flexibility index (Phi) is 3.43. The molecule has 0 unspecified atom stereocenters. The molecule has 1 aliphatic rings. The van der Waals surface area contributed by atoms with Gasteiger partial charge in [-0.2, -0.15) is 0 Å². The topological polar surface area (TPSA) is 37.3 Å². The lowest BCUT2D eigenvalue weighted by Crippen LogP contribution is -1.88. The molecule has 0 aromatic heterocycles. The summed E-state index contributed by atoms with van der Waals surface area (Å²) in [5.41, 5.74) is 4.68. The zero-order valence-corrected chi connectivity index (χ0v) is 9.94. The first-order valence-corrected chi connectivity index (χ1v) is 5.92. The number of hydrogen-bond donors (Lipinski definition) is 1. The molecule has 0 saturated heterocycles. The van der Waals surface area contributed by atoms with E-state index in [-0.39, 0.29) is 0 Å². The van der Waals surface area contributed by atoms with E-state index in [0.29, 0.717) is 0 Å². The molecule has 17 heavy (non-hydrogen) atoms. The number of carboxylic acid groups (broad SMARTS) is 1. The maximum Gasteiger partial charge on any atom is 0.328 e. The van der Waals surface area contributed by atoms with Gasteiger partial charge in [-0.15, -0.1) is 0 Å². The van der Waals surface area contributed by atoms with Gasteiger partial charge in [-0.05, 0) is 41.5 Å². The van der Waals surface area contributed by atoms with Crippen molar-refractivity contribution in [2.45, 2.75) is 26.2 Å². The van der Waals surface area contributed by atoms with Crippen LogP contribution in [0.5, 0.6) is 0 Å². The molecule has 1 aromatic carbocycles. The molecule has 0 amide bonds. The lowest BCUT2D eigenvalue weighted by Gasteiger charge is -2.02. The summed E-state index contributed by atoms with van der Waals surface area (Å²) in [4.78, 5) is 10.6. The third-order valence-corrected chi connectivity index (χ3v) is 3.08. The van der Waals surface area contributed by atoms with Gasteiger partial charge in [0.1, 0.15) is 0 Å². The highest BCUT2D eigenvalue weighted by atomic mass is 16.4. The predicted molar refractivity (Wildman–Crippen MR) is 68.7 cm³/mol. The Morgan fingerprint density at radius 1 is 1.29 bits per heavy atom. The zero-order chi connectivity index (χ0) is 12.3. The van der Waals surface area contributed by atoms with Gasteiger partial charge in [0.25, 0.3) is 0 Å². The van der Waals surface area contributed by atoms with Crippen molar-refractivity contribution in [1.82, 2.24) is 0 Å². The SMILES string of the molecule is CCc1ccc(C2=C/C(=C/C(=O)O)CC2)cc1. The van der Waals surface area contributed by atoms with Crippen LogP contribution >= 0.6 is 0 Å². The number of aryl methyl sites for hydroxylation is 1. The second-order valence-electron chi connectivity index (χ2n) is 4.28. The van der Waals surface area contributed by atoms with Crippen molar-refractivity contribution in [2.75, 3.05) is 0 Å². The molecular weight excluding hydrogens is 212 g/mol. The van der Waals surface area contributed by atoms with Crippen molar-refractivity contribution >= 4 is 11.5 Å². The summed E-state index contributed by atoms with van der Waals surface area (Å²) in [5.74, 6) is -0.862. The molecule has 0 saturated carbocycles. The normalized spacial score (nSPS) is 17.2. The molecule has 0 atom stereocenters. The molecule has 0 bridgehead atoms. The highest BCUT2D eigenvalue weighted by Crippen LogP contribution is 2.31. The van der Waals surface area contributed by atoms with Gasteiger partial charge in [0, 0.05) is 6.08 Å². The van der Waals surface area contributed by atoms with Gasteiger partial charge in [-0.25, -0.2) is 4.79 Å². The average molecular weight is 228 g/mol. The predicted octanol–water partition coefficient (Wildman–Crippen LogP) is 3.44. The molecule has 0 fully saturated rings. The molecule has 2 rings (SSSR count). The highest BCUT2D eigenvalue weighted by molar-refractivity contribution is 5.83. The van der Waals surface area contributed by atoms with Gasteiger partial charge in [-0.1, -0.05) is 37.3 Å². The number of hydrogen-bond acceptors (Lipinski definition) is 1. The number of allylic oxidation sites excluding steroid dienone is 3. The second-order valence-corrected chi connectivity index (χ2v) is 4.28. The molecule has 1 aliphatic carbocycles. The van der Waals surface area contributed by atoms with Crippen LogP contribution in [0.4, 0.5) is 0 Å². The zero-order valence-electron chi connectivity index (χ0n) is 9.94. The van der Waals surface area contributed by atoms with E-state index in [1.54, 1.807) is 0 Å².